The van der Waals surface area contributed by atoms with Gasteiger partial charge in [-0.3, -0.25) is 9.20 Å². The first-order valence-corrected chi connectivity index (χ1v) is 7.04. The molecule has 112 valence electrons. The second-order valence-corrected chi connectivity index (χ2v) is 4.94. The topological polar surface area (TPSA) is 59.3 Å². The van der Waals surface area contributed by atoms with Gasteiger partial charge in [0, 0.05) is 12.6 Å². The average molecular weight is 298 g/mol. The normalized spacial score (nSPS) is 10.8. The van der Waals surface area contributed by atoms with Gasteiger partial charge in [0.05, 0.1) is 12.1 Å². The van der Waals surface area contributed by atoms with E-state index in [-0.39, 0.29) is 18.1 Å². The van der Waals surface area contributed by atoms with Crippen molar-refractivity contribution < 1.29 is 9.18 Å². The fraction of sp³-hybridized carbons (Fsp3) is 0.188. The van der Waals surface area contributed by atoms with Crippen LogP contribution in [-0.2, 0) is 17.6 Å². The number of nitrogens with one attached hydrogen (secondary N) is 1. The van der Waals surface area contributed by atoms with Crippen LogP contribution in [-0.4, -0.2) is 20.5 Å². The zero-order valence-electron chi connectivity index (χ0n) is 12.1. The maximum Gasteiger partial charge on any atom is 0.228 e. The number of benzene rings is 1. The molecule has 0 atom stereocenters. The van der Waals surface area contributed by atoms with Crippen LogP contribution in [0.25, 0.3) is 5.65 Å². The van der Waals surface area contributed by atoms with Gasteiger partial charge in [0.25, 0.3) is 0 Å². The Morgan fingerprint density at radius 3 is 2.73 bits per heavy atom. The van der Waals surface area contributed by atoms with Gasteiger partial charge in [-0.05, 0) is 29.8 Å². The molecule has 0 fully saturated rings. The number of carbonyl (C=O) groups excluding carboxylic acids is 1. The van der Waals surface area contributed by atoms with Gasteiger partial charge in [0.2, 0.25) is 5.91 Å². The number of aromatic nitrogens is 3. The summed E-state index contributed by atoms with van der Waals surface area (Å²) < 4.78 is 14.7. The van der Waals surface area contributed by atoms with Gasteiger partial charge < -0.3 is 5.32 Å². The molecule has 1 aromatic carbocycles. The summed E-state index contributed by atoms with van der Waals surface area (Å²) >= 11 is 0. The van der Waals surface area contributed by atoms with E-state index in [1.807, 2.05) is 23.6 Å². The number of carbonyl (C=O) groups is 1. The number of anilines is 1. The first-order valence-electron chi connectivity index (χ1n) is 7.04. The van der Waals surface area contributed by atoms with E-state index in [4.69, 9.17) is 0 Å². The van der Waals surface area contributed by atoms with Gasteiger partial charge in [0.1, 0.15) is 11.6 Å². The van der Waals surface area contributed by atoms with E-state index in [2.05, 4.69) is 15.5 Å². The van der Waals surface area contributed by atoms with Crippen LogP contribution >= 0.6 is 0 Å². The SMILES string of the molecule is CCc1nnc2c(NC(=O)Cc3ccc(F)cc3)cccn12. The molecule has 0 saturated heterocycles. The van der Waals surface area contributed by atoms with Crippen molar-refractivity contribution in [2.24, 2.45) is 0 Å². The molecule has 0 radical (unpaired) electrons. The molecular weight excluding hydrogens is 283 g/mol. The van der Waals surface area contributed by atoms with E-state index in [1.54, 1.807) is 18.2 Å². The number of rotatable bonds is 4. The molecule has 1 amide bonds. The molecular formula is C16H15FN4O. The van der Waals surface area contributed by atoms with Crippen molar-refractivity contribution in [2.45, 2.75) is 19.8 Å². The highest BCUT2D eigenvalue weighted by Gasteiger charge is 2.11. The fourth-order valence-electron chi connectivity index (χ4n) is 2.28. The van der Waals surface area contributed by atoms with Crippen LogP contribution < -0.4 is 5.32 Å². The van der Waals surface area contributed by atoms with E-state index in [0.717, 1.165) is 17.8 Å². The van der Waals surface area contributed by atoms with Crippen molar-refractivity contribution in [3.63, 3.8) is 0 Å². The third-order valence-electron chi connectivity index (χ3n) is 3.37. The number of nitrogens with zero attached hydrogens (tertiary/aromatic N) is 3. The summed E-state index contributed by atoms with van der Waals surface area (Å²) in [5.41, 5.74) is 1.98. The number of pyridine rings is 1. The third kappa shape index (κ3) is 2.81. The van der Waals surface area contributed by atoms with Crippen molar-refractivity contribution in [2.75, 3.05) is 5.32 Å². The fourth-order valence-corrected chi connectivity index (χ4v) is 2.28. The summed E-state index contributed by atoms with van der Waals surface area (Å²) in [6.07, 6.45) is 2.80. The summed E-state index contributed by atoms with van der Waals surface area (Å²) in [6.45, 7) is 2.00. The summed E-state index contributed by atoms with van der Waals surface area (Å²) in [5.74, 6) is 0.342. The van der Waals surface area contributed by atoms with Gasteiger partial charge >= 0.3 is 0 Å². The zero-order chi connectivity index (χ0) is 15.5. The van der Waals surface area contributed by atoms with Crippen LogP contribution in [0.2, 0.25) is 0 Å². The Labute approximate surface area is 126 Å². The molecule has 5 nitrogen and oxygen atoms in total. The van der Waals surface area contributed by atoms with Crippen LogP contribution in [0.5, 0.6) is 0 Å². The molecule has 0 unspecified atom stereocenters. The number of halogens is 1. The molecule has 0 bridgehead atoms. The van der Waals surface area contributed by atoms with Crippen molar-refractivity contribution in [3.05, 3.63) is 59.8 Å². The molecule has 3 rings (SSSR count). The molecule has 22 heavy (non-hydrogen) atoms. The van der Waals surface area contributed by atoms with Crippen molar-refractivity contribution >= 4 is 17.2 Å². The smallest absolute Gasteiger partial charge is 0.228 e. The maximum atomic E-state index is 12.9. The monoisotopic (exact) mass is 298 g/mol. The second-order valence-electron chi connectivity index (χ2n) is 4.94. The highest BCUT2D eigenvalue weighted by atomic mass is 19.1. The molecule has 0 aliphatic rings. The summed E-state index contributed by atoms with van der Waals surface area (Å²) in [7, 11) is 0. The lowest BCUT2D eigenvalue weighted by molar-refractivity contribution is -0.115. The van der Waals surface area contributed by atoms with E-state index in [9.17, 15) is 9.18 Å². The summed E-state index contributed by atoms with van der Waals surface area (Å²) in [4.78, 5) is 12.1. The van der Waals surface area contributed by atoms with Gasteiger partial charge in [-0.2, -0.15) is 0 Å². The molecule has 0 saturated carbocycles. The molecule has 3 aromatic rings. The summed E-state index contributed by atoms with van der Waals surface area (Å²) in [6, 6.07) is 9.50. The predicted molar refractivity (Wildman–Crippen MR) is 81.1 cm³/mol. The van der Waals surface area contributed by atoms with Gasteiger partial charge in [0.15, 0.2) is 5.65 Å². The predicted octanol–water partition coefficient (Wildman–Crippen LogP) is 2.61. The van der Waals surface area contributed by atoms with Crippen LogP contribution in [0.4, 0.5) is 10.1 Å². The Morgan fingerprint density at radius 2 is 2.00 bits per heavy atom. The molecule has 6 heteroatoms. The quantitative estimate of drug-likeness (QED) is 0.805. The Morgan fingerprint density at radius 1 is 1.23 bits per heavy atom. The zero-order valence-corrected chi connectivity index (χ0v) is 12.1. The van der Waals surface area contributed by atoms with E-state index in [0.29, 0.717) is 11.3 Å². The number of fused-ring (bicyclic) bond motifs is 1. The van der Waals surface area contributed by atoms with Crippen molar-refractivity contribution in [1.29, 1.82) is 0 Å². The lowest BCUT2D eigenvalue weighted by Gasteiger charge is -2.07. The second kappa shape index (κ2) is 5.93. The minimum absolute atomic E-state index is 0.177. The van der Waals surface area contributed by atoms with Crippen LogP contribution in [0, 0.1) is 5.82 Å². The lowest BCUT2D eigenvalue weighted by atomic mass is 10.1. The highest BCUT2D eigenvalue weighted by Crippen LogP contribution is 2.16. The van der Waals surface area contributed by atoms with E-state index < -0.39 is 0 Å². The Kier molecular flexibility index (Phi) is 3.82. The first-order chi connectivity index (χ1) is 10.7. The first kappa shape index (κ1) is 14.2. The Bertz CT molecular complexity index is 811. The van der Waals surface area contributed by atoms with Crippen LogP contribution in [0.15, 0.2) is 42.6 Å². The minimum Gasteiger partial charge on any atom is -0.323 e. The largest absolute Gasteiger partial charge is 0.323 e. The number of hydrogen-bond donors (Lipinski definition) is 1. The highest BCUT2D eigenvalue weighted by molar-refractivity contribution is 5.95. The summed E-state index contributed by atoms with van der Waals surface area (Å²) in [5, 5.41) is 11.0. The lowest BCUT2D eigenvalue weighted by Crippen LogP contribution is -2.15. The molecule has 0 aliphatic carbocycles. The maximum absolute atomic E-state index is 12.9. The molecule has 2 heterocycles. The van der Waals surface area contributed by atoms with Crippen molar-refractivity contribution in [1.82, 2.24) is 14.6 Å². The minimum atomic E-state index is -0.315. The standard InChI is InChI=1S/C16H15FN4O/c1-2-14-19-20-16-13(4-3-9-21(14)16)18-15(22)10-11-5-7-12(17)8-6-11/h3-9H,2,10H2,1H3,(H,18,22). The van der Waals surface area contributed by atoms with Gasteiger partial charge in [-0.25, -0.2) is 4.39 Å². The van der Waals surface area contributed by atoms with Crippen molar-refractivity contribution in [3.8, 4) is 0 Å². The molecule has 0 spiro atoms. The molecule has 0 aliphatic heterocycles. The number of hydrogen-bond acceptors (Lipinski definition) is 3. The molecule has 1 N–H and O–H groups in total. The van der Waals surface area contributed by atoms with Crippen LogP contribution in [0.3, 0.4) is 0 Å². The Balaban J connectivity index is 1.79. The van der Waals surface area contributed by atoms with E-state index in [1.165, 1.54) is 12.1 Å². The van der Waals surface area contributed by atoms with Gasteiger partial charge in [-0.15, -0.1) is 10.2 Å². The van der Waals surface area contributed by atoms with E-state index >= 15 is 0 Å². The number of aryl methyl sites for hydroxylation is 1. The Hall–Kier alpha value is -2.76. The average Bonchev–Trinajstić information content (AvgIpc) is 2.94. The van der Waals surface area contributed by atoms with Gasteiger partial charge in [-0.1, -0.05) is 19.1 Å². The third-order valence-corrected chi connectivity index (χ3v) is 3.37. The number of amides is 1. The molecule has 2 aromatic heterocycles. The van der Waals surface area contributed by atoms with Crippen LogP contribution in [0.1, 0.15) is 18.3 Å².